The molecule has 1 aromatic rings. The van der Waals surface area contributed by atoms with Crippen molar-refractivity contribution < 1.29 is 14.7 Å². The van der Waals surface area contributed by atoms with E-state index in [1.54, 1.807) is 24.3 Å². The number of amides is 3. The molecule has 2 atom stereocenters. The van der Waals surface area contributed by atoms with E-state index < -0.39 is 12.1 Å². The van der Waals surface area contributed by atoms with Gasteiger partial charge in [-0.25, -0.2) is 4.79 Å². The first-order chi connectivity index (χ1) is 9.58. The van der Waals surface area contributed by atoms with E-state index in [0.717, 1.165) is 0 Å². The summed E-state index contributed by atoms with van der Waals surface area (Å²) < 4.78 is 0. The van der Waals surface area contributed by atoms with Gasteiger partial charge in [0.2, 0.25) is 5.91 Å². The van der Waals surface area contributed by atoms with Gasteiger partial charge in [0.05, 0.1) is 0 Å². The van der Waals surface area contributed by atoms with Crippen LogP contribution in [0.5, 0.6) is 0 Å². The first-order valence-electron chi connectivity index (χ1n) is 6.60. The average Bonchev–Trinajstić information content (AvgIpc) is 2.44. The number of carbonyl (C=O) groups is 2. The smallest absolute Gasteiger partial charge is 0.313 e. The van der Waals surface area contributed by atoms with Crippen molar-refractivity contribution >= 4 is 11.9 Å². The summed E-state index contributed by atoms with van der Waals surface area (Å²) in [5, 5.41) is 14.2. The summed E-state index contributed by atoms with van der Waals surface area (Å²) in [6.07, 6.45) is 1.17. The van der Waals surface area contributed by atoms with Gasteiger partial charge < -0.3 is 21.5 Å². The van der Waals surface area contributed by atoms with Crippen LogP contribution in [0.4, 0.5) is 4.79 Å². The molecule has 0 spiro atoms. The fourth-order valence-corrected chi connectivity index (χ4v) is 1.91. The van der Waals surface area contributed by atoms with Crippen molar-refractivity contribution in [1.29, 1.82) is 0 Å². The maximum atomic E-state index is 12.3. The van der Waals surface area contributed by atoms with Gasteiger partial charge in [-0.1, -0.05) is 37.3 Å². The molecule has 20 heavy (non-hydrogen) atoms. The average molecular weight is 279 g/mol. The summed E-state index contributed by atoms with van der Waals surface area (Å²) >= 11 is 0. The van der Waals surface area contributed by atoms with Gasteiger partial charge in [0.15, 0.2) is 0 Å². The van der Waals surface area contributed by atoms with Crippen LogP contribution in [0, 0.1) is 0 Å². The highest BCUT2D eigenvalue weighted by molar-refractivity contribution is 5.87. The van der Waals surface area contributed by atoms with Crippen molar-refractivity contribution in [1.82, 2.24) is 10.6 Å². The molecule has 1 aromatic carbocycles. The van der Waals surface area contributed by atoms with Crippen LogP contribution in [0.25, 0.3) is 0 Å². The van der Waals surface area contributed by atoms with E-state index >= 15 is 0 Å². The molecule has 0 aliphatic carbocycles. The van der Waals surface area contributed by atoms with Crippen molar-refractivity contribution in [2.45, 2.75) is 31.8 Å². The number of primary amides is 1. The second-order valence-corrected chi connectivity index (χ2v) is 4.48. The number of hydrogen-bond acceptors (Lipinski definition) is 3. The molecule has 0 saturated heterocycles. The number of nitrogens with one attached hydrogen (secondary N) is 2. The molecule has 0 bridgehead atoms. The second-order valence-electron chi connectivity index (χ2n) is 4.48. The Morgan fingerprint density at radius 1 is 1.25 bits per heavy atom. The van der Waals surface area contributed by atoms with Crippen molar-refractivity contribution in [2.24, 2.45) is 5.73 Å². The van der Waals surface area contributed by atoms with Crippen LogP contribution in [-0.2, 0) is 4.79 Å². The Morgan fingerprint density at radius 2 is 1.90 bits per heavy atom. The molecule has 6 nitrogen and oxygen atoms in total. The molecule has 3 amide bonds. The number of benzene rings is 1. The number of aliphatic hydroxyl groups is 1. The Bertz CT molecular complexity index is 437. The topological polar surface area (TPSA) is 104 Å². The van der Waals surface area contributed by atoms with Crippen LogP contribution < -0.4 is 16.4 Å². The molecule has 5 N–H and O–H groups in total. The van der Waals surface area contributed by atoms with Gasteiger partial charge in [-0.15, -0.1) is 0 Å². The lowest BCUT2D eigenvalue weighted by molar-refractivity contribution is -0.123. The number of hydrogen-bond donors (Lipinski definition) is 4. The molecular formula is C14H21N3O3. The summed E-state index contributed by atoms with van der Waals surface area (Å²) in [4.78, 5) is 23.3. The Kier molecular flexibility index (Phi) is 6.52. The van der Waals surface area contributed by atoms with E-state index in [0.29, 0.717) is 18.4 Å². The van der Waals surface area contributed by atoms with Crippen LogP contribution in [-0.4, -0.2) is 29.7 Å². The van der Waals surface area contributed by atoms with Crippen LogP contribution in [0.2, 0.25) is 0 Å². The molecule has 0 saturated carbocycles. The Balaban J connectivity index is 2.82. The van der Waals surface area contributed by atoms with E-state index in [4.69, 9.17) is 10.8 Å². The fraction of sp³-hybridized carbons (Fsp3) is 0.429. The highest BCUT2D eigenvalue weighted by Crippen LogP contribution is 2.13. The molecule has 2 unspecified atom stereocenters. The number of rotatable bonds is 7. The molecule has 0 aromatic heterocycles. The van der Waals surface area contributed by atoms with Gasteiger partial charge in [-0.3, -0.25) is 4.79 Å². The molecule has 1 rings (SSSR count). The summed E-state index contributed by atoms with van der Waals surface area (Å²) in [7, 11) is 0. The zero-order valence-electron chi connectivity index (χ0n) is 11.5. The first-order valence-corrected chi connectivity index (χ1v) is 6.60. The van der Waals surface area contributed by atoms with Crippen molar-refractivity contribution in [3.63, 3.8) is 0 Å². The molecule has 0 fully saturated rings. The first kappa shape index (κ1) is 16.0. The monoisotopic (exact) mass is 279 g/mol. The van der Waals surface area contributed by atoms with E-state index in [9.17, 15) is 9.59 Å². The molecule has 110 valence electrons. The molecule has 6 heteroatoms. The van der Waals surface area contributed by atoms with Crippen LogP contribution in [0.15, 0.2) is 30.3 Å². The van der Waals surface area contributed by atoms with E-state index in [2.05, 4.69) is 10.6 Å². The van der Waals surface area contributed by atoms with Crippen LogP contribution >= 0.6 is 0 Å². The number of carbonyl (C=O) groups excluding carboxylic acids is 2. The van der Waals surface area contributed by atoms with Gasteiger partial charge in [-0.05, 0) is 18.4 Å². The third-order valence-electron chi connectivity index (χ3n) is 3.00. The SMILES string of the molecule is CCC(CCO)NC(=O)C(NC(N)=O)c1ccccc1. The molecule has 0 aliphatic heterocycles. The number of urea groups is 1. The van der Waals surface area contributed by atoms with E-state index in [1.807, 2.05) is 13.0 Å². The van der Waals surface area contributed by atoms with Gasteiger partial charge in [0.1, 0.15) is 6.04 Å². The quantitative estimate of drug-likeness (QED) is 0.589. The van der Waals surface area contributed by atoms with Crippen molar-refractivity contribution in [3.8, 4) is 0 Å². The summed E-state index contributed by atoms with van der Waals surface area (Å²) in [5.74, 6) is -0.338. The normalized spacial score (nSPS) is 13.3. The molecule has 0 radical (unpaired) electrons. The van der Waals surface area contributed by atoms with Gasteiger partial charge in [0, 0.05) is 12.6 Å². The Hall–Kier alpha value is -2.08. The van der Waals surface area contributed by atoms with Crippen molar-refractivity contribution in [3.05, 3.63) is 35.9 Å². The zero-order chi connectivity index (χ0) is 15.0. The summed E-state index contributed by atoms with van der Waals surface area (Å²) in [6, 6.07) is 7.15. The van der Waals surface area contributed by atoms with Crippen LogP contribution in [0.3, 0.4) is 0 Å². The molecule has 0 aliphatic rings. The summed E-state index contributed by atoms with van der Waals surface area (Å²) in [5.41, 5.74) is 5.78. The minimum atomic E-state index is -0.832. The van der Waals surface area contributed by atoms with E-state index in [1.165, 1.54) is 0 Å². The highest BCUT2D eigenvalue weighted by atomic mass is 16.3. The third-order valence-corrected chi connectivity index (χ3v) is 3.00. The van der Waals surface area contributed by atoms with Crippen molar-refractivity contribution in [2.75, 3.05) is 6.61 Å². The standard InChI is InChI=1S/C14H21N3O3/c1-2-11(8-9-18)16-13(19)12(17-14(15)20)10-6-4-3-5-7-10/h3-7,11-12,18H,2,8-9H2,1H3,(H,16,19)(H3,15,17,20). The lowest BCUT2D eigenvalue weighted by Crippen LogP contribution is -2.45. The minimum Gasteiger partial charge on any atom is -0.396 e. The Labute approximate surface area is 118 Å². The molecular weight excluding hydrogens is 258 g/mol. The number of aliphatic hydroxyl groups excluding tert-OH is 1. The largest absolute Gasteiger partial charge is 0.396 e. The van der Waals surface area contributed by atoms with Crippen LogP contribution in [0.1, 0.15) is 31.4 Å². The van der Waals surface area contributed by atoms with Gasteiger partial charge in [-0.2, -0.15) is 0 Å². The lowest BCUT2D eigenvalue weighted by atomic mass is 10.0. The maximum Gasteiger partial charge on any atom is 0.313 e. The van der Waals surface area contributed by atoms with Gasteiger partial charge in [0.25, 0.3) is 0 Å². The molecule has 0 heterocycles. The zero-order valence-corrected chi connectivity index (χ0v) is 11.5. The summed E-state index contributed by atoms with van der Waals surface area (Å²) in [6.45, 7) is 1.91. The highest BCUT2D eigenvalue weighted by Gasteiger charge is 2.23. The fourth-order valence-electron chi connectivity index (χ4n) is 1.91. The van der Waals surface area contributed by atoms with E-state index in [-0.39, 0.29) is 18.6 Å². The number of nitrogens with two attached hydrogens (primary N) is 1. The predicted molar refractivity (Wildman–Crippen MR) is 75.8 cm³/mol. The second kappa shape index (κ2) is 8.16. The Morgan fingerprint density at radius 3 is 2.40 bits per heavy atom. The van der Waals surface area contributed by atoms with Gasteiger partial charge >= 0.3 is 6.03 Å². The third kappa shape index (κ3) is 4.89. The predicted octanol–water partition coefficient (Wildman–Crippen LogP) is 0.673. The lowest BCUT2D eigenvalue weighted by Gasteiger charge is -2.22. The minimum absolute atomic E-state index is 0.00195. The maximum absolute atomic E-state index is 12.3.